The van der Waals surface area contributed by atoms with Gasteiger partial charge in [-0.05, 0) is 47.5 Å². The zero-order valence-corrected chi connectivity index (χ0v) is 17.2. The van der Waals surface area contributed by atoms with E-state index in [2.05, 4.69) is 4.98 Å². The van der Waals surface area contributed by atoms with Crippen molar-refractivity contribution in [3.8, 4) is 11.5 Å². The van der Waals surface area contributed by atoms with Crippen LogP contribution in [0.2, 0.25) is 0 Å². The van der Waals surface area contributed by atoms with E-state index in [1.807, 2.05) is 0 Å². The van der Waals surface area contributed by atoms with E-state index >= 15 is 0 Å². The second-order valence-electron chi connectivity index (χ2n) is 6.40. The molecule has 0 atom stereocenters. The zero-order valence-electron chi connectivity index (χ0n) is 16.4. The third-order valence-corrected chi connectivity index (χ3v) is 6.21. The van der Waals surface area contributed by atoms with Crippen molar-refractivity contribution in [3.63, 3.8) is 0 Å². The number of hydrogen-bond donors (Lipinski definition) is 0. The van der Waals surface area contributed by atoms with Gasteiger partial charge in [-0.25, -0.2) is 17.2 Å². The molecule has 30 heavy (non-hydrogen) atoms. The molecule has 0 aliphatic carbocycles. The van der Waals surface area contributed by atoms with E-state index in [1.54, 1.807) is 42.7 Å². The third kappa shape index (κ3) is 4.74. The van der Waals surface area contributed by atoms with Gasteiger partial charge in [0, 0.05) is 25.5 Å². The van der Waals surface area contributed by atoms with Crippen molar-refractivity contribution < 1.29 is 26.7 Å². The lowest BCUT2D eigenvalue weighted by Crippen LogP contribution is -2.30. The summed E-state index contributed by atoms with van der Waals surface area (Å²) in [5.41, 5.74) is 1.27. The molecule has 0 aliphatic rings. The van der Waals surface area contributed by atoms with E-state index in [9.17, 15) is 17.2 Å². The lowest BCUT2D eigenvalue weighted by molar-refractivity contribution is 0.352. The van der Waals surface area contributed by atoms with Crippen molar-refractivity contribution in [1.82, 2.24) is 9.29 Å². The van der Waals surface area contributed by atoms with E-state index in [0.29, 0.717) is 28.7 Å². The smallest absolute Gasteiger partial charge is 0.243 e. The first-order chi connectivity index (χ1) is 14.3. The molecule has 158 valence electrons. The highest BCUT2D eigenvalue weighted by atomic mass is 32.2. The Hall–Kier alpha value is -3.04. The second kappa shape index (κ2) is 9.19. The summed E-state index contributed by atoms with van der Waals surface area (Å²) >= 11 is 0. The number of ether oxygens (including phenoxy) is 2. The van der Waals surface area contributed by atoms with Gasteiger partial charge in [-0.3, -0.25) is 4.98 Å². The Morgan fingerprint density at radius 2 is 1.63 bits per heavy atom. The predicted molar refractivity (Wildman–Crippen MR) is 107 cm³/mol. The number of nitrogens with zero attached hydrogens (tertiary/aromatic N) is 2. The monoisotopic (exact) mass is 434 g/mol. The number of pyridine rings is 1. The van der Waals surface area contributed by atoms with E-state index < -0.39 is 21.7 Å². The maximum Gasteiger partial charge on any atom is 0.243 e. The summed E-state index contributed by atoms with van der Waals surface area (Å²) in [6.45, 7) is -0.0416. The predicted octanol–water partition coefficient (Wildman–Crippen LogP) is 3.77. The SMILES string of the molecule is COc1ccc(CN(Cc2cccnc2)S(=O)(=O)c2ccc(F)c(F)c2)cc1OC. The van der Waals surface area contributed by atoms with Crippen LogP contribution in [-0.4, -0.2) is 31.9 Å². The molecule has 6 nitrogen and oxygen atoms in total. The molecule has 1 heterocycles. The average molecular weight is 434 g/mol. The number of benzene rings is 2. The molecule has 0 amide bonds. The van der Waals surface area contributed by atoms with Crippen molar-refractivity contribution in [2.24, 2.45) is 0 Å². The van der Waals surface area contributed by atoms with Gasteiger partial charge in [0.1, 0.15) is 0 Å². The van der Waals surface area contributed by atoms with E-state index in [4.69, 9.17) is 9.47 Å². The molecule has 0 N–H and O–H groups in total. The Kier molecular flexibility index (Phi) is 6.63. The highest BCUT2D eigenvalue weighted by molar-refractivity contribution is 7.89. The zero-order chi connectivity index (χ0) is 21.7. The number of aromatic nitrogens is 1. The summed E-state index contributed by atoms with van der Waals surface area (Å²) in [5.74, 6) is -1.40. The standard InChI is InChI=1S/C21H20F2N2O4S/c1-28-20-8-5-15(10-21(20)29-2)13-25(14-16-4-3-9-24-12-16)30(26,27)17-6-7-18(22)19(23)11-17/h3-12H,13-14H2,1-2H3. The summed E-state index contributed by atoms with van der Waals surface area (Å²) in [4.78, 5) is 3.67. The summed E-state index contributed by atoms with van der Waals surface area (Å²) in [6.07, 6.45) is 3.12. The molecule has 3 rings (SSSR count). The Bertz CT molecular complexity index is 1130. The Morgan fingerprint density at radius 3 is 2.27 bits per heavy atom. The minimum atomic E-state index is -4.15. The van der Waals surface area contributed by atoms with Crippen LogP contribution < -0.4 is 9.47 Å². The molecule has 9 heteroatoms. The Labute approximate surface area is 173 Å². The molecule has 1 aromatic heterocycles. The molecule has 2 aromatic carbocycles. The van der Waals surface area contributed by atoms with Crippen LogP contribution >= 0.6 is 0 Å². The van der Waals surface area contributed by atoms with Gasteiger partial charge in [-0.15, -0.1) is 0 Å². The number of sulfonamides is 1. The Morgan fingerprint density at radius 1 is 0.900 bits per heavy atom. The molecule has 0 fully saturated rings. The van der Waals surface area contributed by atoms with Crippen molar-refractivity contribution >= 4 is 10.0 Å². The van der Waals surface area contributed by atoms with Crippen LogP contribution in [0.15, 0.2) is 65.8 Å². The van der Waals surface area contributed by atoms with Crippen molar-refractivity contribution in [2.45, 2.75) is 18.0 Å². The maximum absolute atomic E-state index is 13.7. The fraction of sp³-hybridized carbons (Fsp3) is 0.190. The first kappa shape index (κ1) is 21.7. The molecule has 3 aromatic rings. The van der Waals surface area contributed by atoms with Crippen LogP contribution in [0.5, 0.6) is 11.5 Å². The fourth-order valence-corrected chi connectivity index (χ4v) is 4.32. The first-order valence-electron chi connectivity index (χ1n) is 8.90. The van der Waals surface area contributed by atoms with Gasteiger partial charge in [0.15, 0.2) is 23.1 Å². The first-order valence-corrected chi connectivity index (χ1v) is 10.3. The van der Waals surface area contributed by atoms with E-state index in [-0.39, 0.29) is 18.0 Å². The van der Waals surface area contributed by atoms with Gasteiger partial charge in [0.25, 0.3) is 0 Å². The molecule has 0 unspecified atom stereocenters. The van der Waals surface area contributed by atoms with Crippen molar-refractivity contribution in [1.29, 1.82) is 0 Å². The highest BCUT2D eigenvalue weighted by Crippen LogP contribution is 2.29. The third-order valence-electron chi connectivity index (χ3n) is 4.42. The topological polar surface area (TPSA) is 68.7 Å². The number of hydrogen-bond acceptors (Lipinski definition) is 5. The van der Waals surface area contributed by atoms with Crippen LogP contribution in [0.4, 0.5) is 8.78 Å². The van der Waals surface area contributed by atoms with Gasteiger partial charge in [0.2, 0.25) is 10.0 Å². The number of methoxy groups -OCH3 is 2. The maximum atomic E-state index is 13.7. The van der Waals surface area contributed by atoms with Gasteiger partial charge in [-0.2, -0.15) is 4.31 Å². The van der Waals surface area contributed by atoms with Gasteiger partial charge in [-0.1, -0.05) is 12.1 Å². The molecule has 0 saturated carbocycles. The lowest BCUT2D eigenvalue weighted by atomic mass is 10.2. The van der Waals surface area contributed by atoms with Gasteiger partial charge in [0.05, 0.1) is 19.1 Å². The van der Waals surface area contributed by atoms with Crippen LogP contribution in [-0.2, 0) is 23.1 Å². The van der Waals surface area contributed by atoms with Crippen LogP contribution in [0, 0.1) is 11.6 Å². The minimum Gasteiger partial charge on any atom is -0.493 e. The fourth-order valence-electron chi connectivity index (χ4n) is 2.89. The quantitative estimate of drug-likeness (QED) is 0.540. The number of halogens is 2. The highest BCUT2D eigenvalue weighted by Gasteiger charge is 2.26. The lowest BCUT2D eigenvalue weighted by Gasteiger charge is -2.23. The van der Waals surface area contributed by atoms with Crippen molar-refractivity contribution in [2.75, 3.05) is 14.2 Å². The van der Waals surface area contributed by atoms with E-state index in [1.165, 1.54) is 14.2 Å². The summed E-state index contributed by atoms with van der Waals surface area (Å²) in [5, 5.41) is 0. The molecule has 0 radical (unpaired) electrons. The molecular weight excluding hydrogens is 414 g/mol. The summed E-state index contributed by atoms with van der Waals surface area (Å²) in [6, 6.07) is 11.0. The van der Waals surface area contributed by atoms with Crippen molar-refractivity contribution in [3.05, 3.63) is 83.7 Å². The van der Waals surface area contributed by atoms with Gasteiger partial charge < -0.3 is 9.47 Å². The normalized spacial score (nSPS) is 11.5. The minimum absolute atomic E-state index is 0.0104. The summed E-state index contributed by atoms with van der Waals surface area (Å²) in [7, 11) is -1.17. The molecule has 0 spiro atoms. The van der Waals surface area contributed by atoms with Crippen LogP contribution in [0.1, 0.15) is 11.1 Å². The largest absolute Gasteiger partial charge is 0.493 e. The molecule has 0 bridgehead atoms. The van der Waals surface area contributed by atoms with E-state index in [0.717, 1.165) is 16.4 Å². The summed E-state index contributed by atoms with van der Waals surface area (Å²) < 4.78 is 65.2. The number of rotatable bonds is 8. The average Bonchev–Trinajstić information content (AvgIpc) is 2.75. The molecule has 0 saturated heterocycles. The molecular formula is C21H20F2N2O4S. The van der Waals surface area contributed by atoms with Gasteiger partial charge >= 0.3 is 0 Å². The molecule has 0 aliphatic heterocycles. The van der Waals surface area contributed by atoms with Crippen LogP contribution in [0.25, 0.3) is 0 Å². The van der Waals surface area contributed by atoms with Crippen LogP contribution in [0.3, 0.4) is 0 Å². The Balaban J connectivity index is 2.01. The second-order valence-corrected chi connectivity index (χ2v) is 8.34.